The van der Waals surface area contributed by atoms with Gasteiger partial charge in [-0.2, -0.15) is 5.26 Å². The zero-order valence-corrected chi connectivity index (χ0v) is 11.9. The highest BCUT2D eigenvalue weighted by Crippen LogP contribution is 2.41. The Morgan fingerprint density at radius 1 is 1.37 bits per heavy atom. The van der Waals surface area contributed by atoms with Gasteiger partial charge in [0.1, 0.15) is 0 Å². The second-order valence-electron chi connectivity index (χ2n) is 6.10. The Bertz CT molecular complexity index is 434. The Balaban J connectivity index is 2.15. The number of nitriles is 1. The molecule has 0 N–H and O–H groups in total. The minimum absolute atomic E-state index is 0.100. The van der Waals surface area contributed by atoms with Crippen LogP contribution in [0.5, 0.6) is 0 Å². The molecule has 0 spiro atoms. The van der Waals surface area contributed by atoms with Gasteiger partial charge in [0.15, 0.2) is 0 Å². The average molecular weight is 257 g/mol. The number of hydrogen-bond donors (Lipinski definition) is 0. The van der Waals surface area contributed by atoms with Crippen LogP contribution in [0.1, 0.15) is 38.7 Å². The van der Waals surface area contributed by atoms with E-state index >= 15 is 0 Å². The molecular formula is C17H23NO. The molecule has 0 radical (unpaired) electrons. The van der Waals surface area contributed by atoms with Crippen molar-refractivity contribution in [2.45, 2.75) is 45.6 Å². The summed E-state index contributed by atoms with van der Waals surface area (Å²) in [5, 5.41) is 9.20. The summed E-state index contributed by atoms with van der Waals surface area (Å²) in [5.41, 5.74) is 1.44. The van der Waals surface area contributed by atoms with E-state index in [1.54, 1.807) is 0 Å². The van der Waals surface area contributed by atoms with E-state index in [0.29, 0.717) is 18.4 Å². The number of ether oxygens (including phenoxy) is 1. The third-order valence-corrected chi connectivity index (χ3v) is 4.22. The third-order valence-electron chi connectivity index (χ3n) is 4.22. The smallest absolute Gasteiger partial charge is 0.0627 e. The maximum Gasteiger partial charge on any atom is 0.0627 e. The summed E-state index contributed by atoms with van der Waals surface area (Å²) in [6.45, 7) is 5.20. The predicted molar refractivity (Wildman–Crippen MR) is 76.6 cm³/mol. The van der Waals surface area contributed by atoms with Gasteiger partial charge in [-0.05, 0) is 36.2 Å². The molecule has 2 atom stereocenters. The van der Waals surface area contributed by atoms with Crippen LogP contribution in [0.3, 0.4) is 0 Å². The molecular weight excluding hydrogens is 234 g/mol. The predicted octanol–water partition coefficient (Wildman–Crippen LogP) is 3.96. The van der Waals surface area contributed by atoms with Crippen molar-refractivity contribution in [3.63, 3.8) is 0 Å². The molecule has 1 aliphatic heterocycles. The van der Waals surface area contributed by atoms with Crippen LogP contribution in [-0.4, -0.2) is 12.7 Å². The van der Waals surface area contributed by atoms with Gasteiger partial charge < -0.3 is 4.74 Å². The first-order valence-electron chi connectivity index (χ1n) is 7.18. The lowest BCUT2D eigenvalue weighted by molar-refractivity contribution is -0.0681. The lowest BCUT2D eigenvalue weighted by Crippen LogP contribution is -2.39. The topological polar surface area (TPSA) is 33.0 Å². The van der Waals surface area contributed by atoms with Crippen molar-refractivity contribution in [1.82, 2.24) is 0 Å². The fourth-order valence-corrected chi connectivity index (χ4v) is 3.02. The van der Waals surface area contributed by atoms with Crippen LogP contribution in [0.4, 0.5) is 0 Å². The van der Waals surface area contributed by atoms with Crippen LogP contribution >= 0.6 is 0 Å². The average Bonchev–Trinajstić information content (AvgIpc) is 2.40. The number of hydrogen-bond acceptors (Lipinski definition) is 2. The molecule has 0 amide bonds. The van der Waals surface area contributed by atoms with Crippen molar-refractivity contribution in [2.75, 3.05) is 6.61 Å². The molecule has 102 valence electrons. The summed E-state index contributed by atoms with van der Waals surface area (Å²) in [7, 11) is 0. The van der Waals surface area contributed by atoms with Crippen molar-refractivity contribution < 1.29 is 4.74 Å². The highest BCUT2D eigenvalue weighted by atomic mass is 16.5. The van der Waals surface area contributed by atoms with Crippen molar-refractivity contribution in [1.29, 1.82) is 5.26 Å². The quantitative estimate of drug-likeness (QED) is 0.817. The number of rotatable bonds is 4. The van der Waals surface area contributed by atoms with E-state index in [2.05, 4.69) is 44.2 Å². The van der Waals surface area contributed by atoms with E-state index in [1.807, 2.05) is 6.07 Å². The van der Waals surface area contributed by atoms with E-state index < -0.39 is 0 Å². The van der Waals surface area contributed by atoms with Crippen LogP contribution in [0.15, 0.2) is 30.3 Å². The van der Waals surface area contributed by atoms with Crippen molar-refractivity contribution in [3.8, 4) is 6.07 Å². The molecule has 0 bridgehead atoms. The zero-order valence-electron chi connectivity index (χ0n) is 11.9. The van der Waals surface area contributed by atoms with Crippen molar-refractivity contribution in [3.05, 3.63) is 35.9 Å². The molecule has 2 rings (SSSR count). The maximum atomic E-state index is 9.20. The Kier molecular flexibility index (Phi) is 4.61. The van der Waals surface area contributed by atoms with Crippen molar-refractivity contribution in [2.24, 2.45) is 11.3 Å². The van der Waals surface area contributed by atoms with Gasteiger partial charge in [0.25, 0.3) is 0 Å². The highest BCUT2D eigenvalue weighted by Gasteiger charge is 2.38. The molecule has 1 aliphatic rings. The Hall–Kier alpha value is -1.33. The Morgan fingerprint density at radius 3 is 2.74 bits per heavy atom. The molecule has 1 aromatic carbocycles. The van der Waals surface area contributed by atoms with Gasteiger partial charge >= 0.3 is 0 Å². The van der Waals surface area contributed by atoms with Gasteiger partial charge in [-0.15, -0.1) is 0 Å². The summed E-state index contributed by atoms with van der Waals surface area (Å²) in [5.74, 6) is 0.522. The molecule has 19 heavy (non-hydrogen) atoms. The Morgan fingerprint density at radius 2 is 2.11 bits per heavy atom. The maximum absolute atomic E-state index is 9.20. The van der Waals surface area contributed by atoms with Gasteiger partial charge in [-0.3, -0.25) is 0 Å². The first-order valence-corrected chi connectivity index (χ1v) is 7.18. The molecule has 1 saturated heterocycles. The van der Waals surface area contributed by atoms with Crippen LogP contribution in [-0.2, 0) is 11.2 Å². The van der Waals surface area contributed by atoms with Crippen LogP contribution in [0.25, 0.3) is 0 Å². The van der Waals surface area contributed by atoms with Crippen LogP contribution in [0.2, 0.25) is 0 Å². The molecule has 0 unspecified atom stereocenters. The third kappa shape index (κ3) is 3.58. The zero-order chi connectivity index (χ0) is 13.7. The second kappa shape index (κ2) is 6.21. The second-order valence-corrected chi connectivity index (χ2v) is 6.10. The fourth-order valence-electron chi connectivity index (χ4n) is 3.02. The van der Waals surface area contributed by atoms with Gasteiger partial charge in [0.2, 0.25) is 0 Å². The summed E-state index contributed by atoms with van der Waals surface area (Å²) >= 11 is 0. The molecule has 2 nitrogen and oxygen atoms in total. The van der Waals surface area contributed by atoms with E-state index in [9.17, 15) is 5.26 Å². The van der Waals surface area contributed by atoms with Gasteiger partial charge in [-0.1, -0.05) is 44.2 Å². The largest absolute Gasteiger partial charge is 0.378 e. The molecule has 1 fully saturated rings. The Labute approximate surface area is 116 Å². The molecule has 2 heteroatoms. The minimum atomic E-state index is 0.100. The van der Waals surface area contributed by atoms with E-state index in [4.69, 9.17) is 4.74 Å². The molecule has 0 aromatic heterocycles. The molecule has 1 aromatic rings. The first-order chi connectivity index (χ1) is 9.15. The minimum Gasteiger partial charge on any atom is -0.378 e. The standard InChI is InChI=1S/C17H23NO/c1-14(2)16-13-17(8-10-18,9-11-19-16)12-15-6-4-3-5-7-15/h3-7,14,16H,8-9,11-13H2,1-2H3/t16-,17-/m0/s1. The van der Waals surface area contributed by atoms with Gasteiger partial charge in [-0.25, -0.2) is 0 Å². The van der Waals surface area contributed by atoms with Crippen molar-refractivity contribution >= 4 is 0 Å². The lowest BCUT2D eigenvalue weighted by Gasteiger charge is -2.41. The van der Waals surface area contributed by atoms with Gasteiger partial charge in [0, 0.05) is 13.0 Å². The normalized spacial score (nSPS) is 27.2. The monoisotopic (exact) mass is 257 g/mol. The van der Waals surface area contributed by atoms with Gasteiger partial charge in [0.05, 0.1) is 12.2 Å². The lowest BCUT2D eigenvalue weighted by atomic mass is 9.70. The summed E-state index contributed by atoms with van der Waals surface area (Å²) in [4.78, 5) is 0. The van der Waals surface area contributed by atoms with E-state index in [-0.39, 0.29) is 5.41 Å². The summed E-state index contributed by atoms with van der Waals surface area (Å²) in [6.07, 6.45) is 3.93. The van der Waals surface area contributed by atoms with Crippen LogP contribution in [0, 0.1) is 22.7 Å². The molecule has 0 saturated carbocycles. The summed E-state index contributed by atoms with van der Waals surface area (Å²) < 4.78 is 5.87. The van der Waals surface area contributed by atoms with E-state index in [0.717, 1.165) is 25.9 Å². The molecule has 1 heterocycles. The van der Waals surface area contributed by atoms with E-state index in [1.165, 1.54) is 5.56 Å². The number of nitrogens with zero attached hydrogens (tertiary/aromatic N) is 1. The highest BCUT2D eigenvalue weighted by molar-refractivity contribution is 5.17. The SMILES string of the molecule is CC(C)[C@@H]1C[C@](CC#N)(Cc2ccccc2)CCO1. The molecule has 0 aliphatic carbocycles. The summed E-state index contributed by atoms with van der Waals surface area (Å²) in [6, 6.07) is 12.9. The first kappa shape index (κ1) is 14.1. The number of benzene rings is 1. The fraction of sp³-hybridized carbons (Fsp3) is 0.588. The van der Waals surface area contributed by atoms with Crippen LogP contribution < -0.4 is 0 Å².